The molecule has 1 spiro atoms. The van der Waals surface area contributed by atoms with Gasteiger partial charge in [0.1, 0.15) is 23.3 Å². The number of piperidine rings is 1. The number of amides is 1. The van der Waals surface area contributed by atoms with Gasteiger partial charge in [-0.1, -0.05) is 62.4 Å². The van der Waals surface area contributed by atoms with Crippen LogP contribution in [0, 0.1) is 11.3 Å². The molecule has 3 aromatic carbocycles. The monoisotopic (exact) mass is 983 g/mol. The number of aromatic amines is 2. The number of fused-ring (bicyclic) bond motifs is 7. The van der Waals surface area contributed by atoms with Gasteiger partial charge in [-0.05, 0) is 99.7 Å². The summed E-state index contributed by atoms with van der Waals surface area (Å²) in [6.07, 6.45) is 7.09. The molecular weight excluding hydrogens is 913 g/mol. The second-order valence-corrected chi connectivity index (χ2v) is 22.0. The van der Waals surface area contributed by atoms with Crippen LogP contribution in [-0.4, -0.2) is 148 Å². The molecule has 72 heavy (non-hydrogen) atoms. The van der Waals surface area contributed by atoms with E-state index in [1.807, 2.05) is 99.6 Å². The first-order valence-electron chi connectivity index (χ1n) is 26.0. The van der Waals surface area contributed by atoms with Crippen molar-refractivity contribution in [1.29, 1.82) is 0 Å². The van der Waals surface area contributed by atoms with Gasteiger partial charge in [0.2, 0.25) is 0 Å². The summed E-state index contributed by atoms with van der Waals surface area (Å²) in [6.45, 7) is 10.8. The lowest BCUT2D eigenvalue weighted by Crippen LogP contribution is -2.87. The van der Waals surface area contributed by atoms with Gasteiger partial charge in [0.15, 0.2) is 5.60 Å². The molecule has 11 atom stereocenters. The third-order valence-electron chi connectivity index (χ3n) is 19.1. The number of para-hydroxylation sites is 2. The zero-order chi connectivity index (χ0) is 50.8. The number of carbonyl (C=O) groups is 3. The maximum Gasteiger partial charge on any atom is 0.328 e. The Bertz CT molecular complexity index is 3020. The topological polar surface area (TPSA) is 193 Å². The van der Waals surface area contributed by atoms with E-state index < -0.39 is 69.0 Å². The van der Waals surface area contributed by atoms with Crippen LogP contribution >= 0.6 is 0 Å². The van der Waals surface area contributed by atoms with E-state index in [1.165, 1.54) is 7.11 Å². The fraction of sp³-hybridized carbons (Fsp3) is 0.526. The van der Waals surface area contributed by atoms with Crippen LogP contribution in [-0.2, 0) is 47.5 Å². The van der Waals surface area contributed by atoms with E-state index in [2.05, 4.69) is 37.2 Å². The summed E-state index contributed by atoms with van der Waals surface area (Å²) in [7, 11) is 4.89. The van der Waals surface area contributed by atoms with Gasteiger partial charge in [0, 0.05) is 108 Å². The Morgan fingerprint density at radius 3 is 2.42 bits per heavy atom. The molecular formula is C57H70N6O9. The number of aliphatic hydroxyl groups is 3. The van der Waals surface area contributed by atoms with E-state index in [0.717, 1.165) is 44.2 Å². The van der Waals surface area contributed by atoms with E-state index >= 15 is 9.59 Å². The summed E-state index contributed by atoms with van der Waals surface area (Å²) in [6, 6.07) is 18.2. The number of ether oxygens (including phenoxy) is 3. The number of aromatic nitrogens is 2. The van der Waals surface area contributed by atoms with Crippen molar-refractivity contribution >= 4 is 45.3 Å². The number of carbonyl (C=O) groups excluding carboxylic acids is 3. The van der Waals surface area contributed by atoms with Gasteiger partial charge in [0.05, 0.1) is 32.0 Å². The quantitative estimate of drug-likeness (QED) is 0.0730. The highest BCUT2D eigenvalue weighted by Crippen LogP contribution is 2.71. The normalized spacial score (nSPS) is 34.0. The number of rotatable bonds is 11. The molecule has 15 heteroatoms. The van der Waals surface area contributed by atoms with Crippen LogP contribution in [0.5, 0.6) is 5.75 Å². The molecule has 7 heterocycles. The van der Waals surface area contributed by atoms with Crippen molar-refractivity contribution in [3.8, 4) is 5.75 Å². The average Bonchev–Trinajstić information content (AvgIpc) is 4.15. The molecule has 5 aromatic rings. The number of H-pyrrole nitrogens is 2. The number of benzene rings is 3. The largest absolute Gasteiger partial charge is 0.496 e. The van der Waals surface area contributed by atoms with Crippen molar-refractivity contribution in [3.05, 3.63) is 107 Å². The van der Waals surface area contributed by atoms with Crippen molar-refractivity contribution in [2.24, 2.45) is 11.3 Å². The second kappa shape index (κ2) is 17.2. The zero-order valence-electron chi connectivity index (χ0n) is 42.6. The number of methoxy groups -OCH3 is 2. The summed E-state index contributed by atoms with van der Waals surface area (Å²) in [4.78, 5) is 59.3. The van der Waals surface area contributed by atoms with Gasteiger partial charge in [-0.3, -0.25) is 19.4 Å². The Balaban J connectivity index is 1.14. The Kier molecular flexibility index (Phi) is 11.6. The molecule has 1 amide bonds. The molecule has 11 rings (SSSR count). The minimum absolute atomic E-state index is 0.0637. The number of aliphatic hydroxyl groups excluding tert-OH is 1. The lowest BCUT2D eigenvalue weighted by Gasteiger charge is -2.68. The van der Waals surface area contributed by atoms with E-state index in [-0.39, 0.29) is 18.9 Å². The lowest BCUT2D eigenvalue weighted by atomic mass is 9.42. The van der Waals surface area contributed by atoms with Gasteiger partial charge in [0.25, 0.3) is 5.91 Å². The summed E-state index contributed by atoms with van der Waals surface area (Å²) in [5.41, 5.74) is -2.48. The minimum Gasteiger partial charge on any atom is -0.496 e. The standard InChI is InChI=1S/C57H70N6O9/c1-8-53(68)29-34-30-55(51(67)71-7,46-38(20-24-62(32-34)33-53)37-17-12-14-19-42(37)59-46)40-27-39-44(28-45(40)70-6)61(5)52(4)56(39)22-25-63-23-15-21-54(9-2,48(56)63)49(65)57(52,69)50(66)60-43(47(64)72-10-3)26-35-31-58-41-18-13-11-16-36(35)41/h11-19,21,27-28,31,34,43,48-49,58-59,65,68-69H,8-10,20,22-26,29-30,32-33H2,1-7H3,(H,60,66)/t34-,43-,48-,49+,52+,53-,54+,55-,56+,57-/m0/s1. The fourth-order valence-corrected chi connectivity index (χ4v) is 15.7. The fourth-order valence-electron chi connectivity index (χ4n) is 15.7. The molecule has 382 valence electrons. The maximum absolute atomic E-state index is 15.9. The molecule has 1 unspecified atom stereocenters. The molecule has 1 aliphatic carbocycles. The molecule has 6 N–H and O–H groups in total. The predicted molar refractivity (Wildman–Crippen MR) is 274 cm³/mol. The van der Waals surface area contributed by atoms with Gasteiger partial charge in [-0.25, -0.2) is 4.79 Å². The number of hydrogen-bond acceptors (Lipinski definition) is 12. The predicted octanol–water partition coefficient (Wildman–Crippen LogP) is 5.41. The molecule has 1 saturated carbocycles. The maximum atomic E-state index is 15.9. The highest BCUT2D eigenvalue weighted by atomic mass is 16.5. The summed E-state index contributed by atoms with van der Waals surface area (Å²) in [5, 5.41) is 44.5. The third-order valence-corrected chi connectivity index (χ3v) is 19.1. The first-order chi connectivity index (χ1) is 34.5. The van der Waals surface area contributed by atoms with Crippen LogP contribution in [0.1, 0.15) is 87.7 Å². The van der Waals surface area contributed by atoms with E-state index in [1.54, 1.807) is 14.0 Å². The SMILES string of the molecule is CCOC(=O)[C@H](Cc1c[nH]c2ccccc12)NC(=O)[C@@]1(O)[C@H](O)[C@]2(CC)C=CCN3CC[C@@]4(c5cc([C@@]6(C(=O)OC)C[C@H]7CN(CCc8c6[nH]c6ccccc86)C[C@](O)(CC)C7)c(OC)cc5N(C)[C@@]14C)[C@@H]32. The van der Waals surface area contributed by atoms with Crippen LogP contribution in [0.15, 0.2) is 79.0 Å². The summed E-state index contributed by atoms with van der Waals surface area (Å²) >= 11 is 0. The van der Waals surface area contributed by atoms with Crippen LogP contribution in [0.2, 0.25) is 0 Å². The van der Waals surface area contributed by atoms with Crippen molar-refractivity contribution < 1.29 is 43.9 Å². The van der Waals surface area contributed by atoms with Gasteiger partial charge >= 0.3 is 11.9 Å². The first-order valence-corrected chi connectivity index (χ1v) is 26.0. The van der Waals surface area contributed by atoms with Crippen molar-refractivity contribution in [2.75, 3.05) is 65.5 Å². The van der Waals surface area contributed by atoms with Crippen LogP contribution in [0.4, 0.5) is 5.69 Å². The molecule has 2 bridgehead atoms. The molecule has 6 aliphatic rings. The first kappa shape index (κ1) is 48.6. The highest BCUT2D eigenvalue weighted by molar-refractivity contribution is 5.97. The van der Waals surface area contributed by atoms with Crippen LogP contribution < -0.4 is 15.0 Å². The van der Waals surface area contributed by atoms with Gasteiger partial charge in [-0.2, -0.15) is 0 Å². The second-order valence-electron chi connectivity index (χ2n) is 22.0. The van der Waals surface area contributed by atoms with Gasteiger partial charge in [-0.15, -0.1) is 0 Å². The number of likely N-dealkylation sites (N-methyl/N-ethyl adjacent to an activating group) is 1. The van der Waals surface area contributed by atoms with E-state index in [0.29, 0.717) is 88.2 Å². The summed E-state index contributed by atoms with van der Waals surface area (Å²) in [5.74, 6) is -1.74. The third kappa shape index (κ3) is 6.36. The van der Waals surface area contributed by atoms with E-state index in [4.69, 9.17) is 14.2 Å². The van der Waals surface area contributed by atoms with E-state index in [9.17, 15) is 20.1 Å². The van der Waals surface area contributed by atoms with Crippen molar-refractivity contribution in [1.82, 2.24) is 25.1 Å². The summed E-state index contributed by atoms with van der Waals surface area (Å²) < 4.78 is 18.1. The Hall–Kier alpha value is -5.71. The Morgan fingerprint density at radius 1 is 0.944 bits per heavy atom. The highest BCUT2D eigenvalue weighted by Gasteiger charge is 2.84. The molecule has 5 aliphatic heterocycles. The van der Waals surface area contributed by atoms with Crippen molar-refractivity contribution in [3.63, 3.8) is 0 Å². The zero-order valence-corrected chi connectivity index (χ0v) is 42.6. The molecule has 0 radical (unpaired) electrons. The van der Waals surface area contributed by atoms with Crippen LogP contribution in [0.25, 0.3) is 21.8 Å². The smallest absolute Gasteiger partial charge is 0.328 e. The number of hydrogen-bond donors (Lipinski definition) is 6. The molecule has 2 aromatic heterocycles. The number of esters is 2. The molecule has 3 fully saturated rings. The average molecular weight is 983 g/mol. The number of nitrogens with one attached hydrogen (secondary N) is 3. The number of nitrogens with zero attached hydrogens (tertiary/aromatic N) is 3. The van der Waals surface area contributed by atoms with Crippen molar-refractivity contribution in [2.45, 2.75) is 118 Å². The molecule has 2 saturated heterocycles. The minimum atomic E-state index is -2.57. The Labute approximate surface area is 420 Å². The Morgan fingerprint density at radius 2 is 1.69 bits per heavy atom. The lowest BCUT2D eigenvalue weighted by molar-refractivity contribution is -0.224. The molecule has 15 nitrogen and oxygen atoms in total. The van der Waals surface area contributed by atoms with Gasteiger partial charge < -0.3 is 49.7 Å². The van der Waals surface area contributed by atoms with Crippen LogP contribution in [0.3, 0.4) is 0 Å². The number of anilines is 1.